The van der Waals surface area contributed by atoms with Gasteiger partial charge in [0.15, 0.2) is 5.84 Å². The maximum Gasteiger partial charge on any atom is 0.346 e. The number of nitrogens with one attached hydrogen (secondary N) is 1. The first-order chi connectivity index (χ1) is 18.7. The van der Waals surface area contributed by atoms with Crippen LogP contribution in [0, 0.1) is 13.8 Å². The number of benzene rings is 2. The van der Waals surface area contributed by atoms with Crippen LogP contribution >= 0.6 is 11.8 Å². The number of anilines is 1. The zero-order valence-corrected chi connectivity index (χ0v) is 25.2. The number of carbonyl (C=O) groups is 2. The largest absolute Gasteiger partial charge is 0.346 e. The number of hydrogen-bond acceptors (Lipinski definition) is 4. The molecule has 0 radical (unpaired) electrons. The molecule has 0 heterocycles. The lowest BCUT2D eigenvalue weighted by Crippen LogP contribution is -2.10. The molecule has 0 atom stereocenters. The van der Waals surface area contributed by atoms with Crippen LogP contribution in [0.15, 0.2) is 64.0 Å². The minimum atomic E-state index is -0.454. The number of amidine groups is 1. The number of aryl methyl sites for hydroxylation is 2. The van der Waals surface area contributed by atoms with Gasteiger partial charge in [-0.2, -0.15) is 4.99 Å². The molecule has 0 saturated heterocycles. The molecule has 0 fully saturated rings. The monoisotopic (exact) mass is 546 g/mol. The summed E-state index contributed by atoms with van der Waals surface area (Å²) in [5.41, 5.74) is 6.20. The van der Waals surface area contributed by atoms with Crippen LogP contribution in [0.25, 0.3) is 12.2 Å². The Bertz CT molecular complexity index is 1240. The number of carbonyl (C=O) groups excluding carboxylic acids is 2. The van der Waals surface area contributed by atoms with Crippen molar-refractivity contribution < 1.29 is 9.59 Å². The second-order valence-corrected chi connectivity index (χ2v) is 9.92. The summed E-state index contributed by atoms with van der Waals surface area (Å²) in [7, 11) is 1.71. The highest BCUT2D eigenvalue weighted by Crippen LogP contribution is 2.18. The molecule has 0 spiro atoms. The van der Waals surface area contributed by atoms with E-state index < -0.39 is 6.03 Å². The molecule has 0 saturated carbocycles. The molecule has 2 rings (SSSR count). The van der Waals surface area contributed by atoms with Crippen molar-refractivity contribution in [3.05, 3.63) is 76.9 Å². The van der Waals surface area contributed by atoms with Gasteiger partial charge >= 0.3 is 6.03 Å². The van der Waals surface area contributed by atoms with Crippen molar-refractivity contribution in [1.82, 2.24) is 0 Å². The van der Waals surface area contributed by atoms with E-state index in [-0.39, 0.29) is 5.78 Å². The fourth-order valence-corrected chi connectivity index (χ4v) is 4.02. The third-order valence-corrected chi connectivity index (χ3v) is 6.45. The topological polar surface area (TPSA) is 83.2 Å². The second-order valence-electron chi connectivity index (χ2n) is 8.76. The quantitative estimate of drug-likeness (QED) is 0.252. The van der Waals surface area contributed by atoms with Crippen molar-refractivity contribution in [3.8, 4) is 0 Å². The highest BCUT2D eigenvalue weighted by molar-refractivity contribution is 8.14. The standard InChI is InChI=1S/C20H28N4O2S.C12H14/c1-6-8-11-22-19(21-5)16-9-10-18(14(3)12-16)24-20(26)23-15(4)27-13-17(25)7-2;1-4-6-12-9-10(3)7-8-11(12)5-2/h9-12H,6-8,13H2,1-5H3,(H,24,26);4-9H,2H2,1,3H3/b21-19?,22-11?,23-15-;6-4-. The van der Waals surface area contributed by atoms with E-state index >= 15 is 0 Å². The molecule has 39 heavy (non-hydrogen) atoms. The Kier molecular flexibility index (Phi) is 16.0. The predicted octanol–water partition coefficient (Wildman–Crippen LogP) is 8.58. The number of thioether (sulfide) groups is 1. The average molecular weight is 547 g/mol. The Balaban J connectivity index is 0.000000525. The van der Waals surface area contributed by atoms with Gasteiger partial charge in [-0.05, 0) is 69.0 Å². The molecule has 208 valence electrons. The third-order valence-electron chi connectivity index (χ3n) is 5.47. The maximum absolute atomic E-state index is 12.1. The predicted molar refractivity (Wildman–Crippen MR) is 173 cm³/mol. The molecule has 2 aromatic rings. The molecule has 0 aliphatic rings. The summed E-state index contributed by atoms with van der Waals surface area (Å²) in [6.07, 6.45) is 10.3. The number of rotatable bonds is 9. The van der Waals surface area contributed by atoms with Crippen LogP contribution in [-0.4, -0.2) is 41.7 Å². The fourth-order valence-electron chi connectivity index (χ4n) is 3.29. The molecular formula is C32H42N4O2S. The molecule has 2 aromatic carbocycles. The molecule has 7 heteroatoms. The van der Waals surface area contributed by atoms with Crippen molar-refractivity contribution in [2.45, 2.75) is 60.8 Å². The normalized spacial score (nSPS) is 11.9. The number of Topliss-reactive ketones (excluding diaryl/α,β-unsaturated/α-hetero) is 1. The SMILES string of the molecule is C=Cc1ccc(C)cc1/C=C\C.CCCC=NC(=NC)c1ccc(NC(=O)/N=C(/C)SCC(=O)CC)c(C)c1. The van der Waals surface area contributed by atoms with Gasteiger partial charge in [-0.3, -0.25) is 9.79 Å². The lowest BCUT2D eigenvalue weighted by atomic mass is 10.0. The Labute approximate surface area is 238 Å². The van der Waals surface area contributed by atoms with Gasteiger partial charge in [0.05, 0.1) is 10.8 Å². The minimum Gasteiger partial charge on any atom is -0.306 e. The summed E-state index contributed by atoms with van der Waals surface area (Å²) in [5.74, 6) is 1.14. The molecule has 0 aliphatic carbocycles. The van der Waals surface area contributed by atoms with Gasteiger partial charge in [-0.15, -0.1) is 11.8 Å². The number of unbranched alkanes of at least 4 members (excludes halogenated alkanes) is 1. The molecule has 0 aromatic heterocycles. The first-order valence-electron chi connectivity index (χ1n) is 13.2. The summed E-state index contributed by atoms with van der Waals surface area (Å²) in [6, 6.07) is 11.5. The summed E-state index contributed by atoms with van der Waals surface area (Å²) in [6.45, 7) is 15.4. The summed E-state index contributed by atoms with van der Waals surface area (Å²) in [4.78, 5) is 36.0. The van der Waals surface area contributed by atoms with E-state index in [1.54, 1.807) is 14.0 Å². The number of urea groups is 1. The number of ketones is 1. The third kappa shape index (κ3) is 12.7. The molecular weight excluding hydrogens is 504 g/mol. The lowest BCUT2D eigenvalue weighted by Gasteiger charge is -2.09. The highest BCUT2D eigenvalue weighted by Gasteiger charge is 2.08. The van der Waals surface area contributed by atoms with Crippen molar-refractivity contribution in [3.63, 3.8) is 0 Å². The van der Waals surface area contributed by atoms with Gasteiger partial charge in [-0.25, -0.2) is 9.79 Å². The van der Waals surface area contributed by atoms with E-state index in [0.717, 1.165) is 24.0 Å². The van der Waals surface area contributed by atoms with Gasteiger partial charge < -0.3 is 5.32 Å². The van der Waals surface area contributed by atoms with Crippen LogP contribution < -0.4 is 5.32 Å². The molecule has 6 nitrogen and oxygen atoms in total. The smallest absolute Gasteiger partial charge is 0.306 e. The van der Waals surface area contributed by atoms with Crippen molar-refractivity contribution >= 4 is 58.5 Å². The van der Waals surface area contributed by atoms with Gasteiger partial charge in [0.25, 0.3) is 0 Å². The van der Waals surface area contributed by atoms with E-state index in [4.69, 9.17) is 0 Å². The van der Waals surface area contributed by atoms with Gasteiger partial charge in [-0.1, -0.05) is 68.8 Å². The lowest BCUT2D eigenvalue weighted by molar-refractivity contribution is -0.116. The molecule has 2 amide bonds. The Morgan fingerprint density at radius 1 is 1.08 bits per heavy atom. The van der Waals surface area contributed by atoms with Gasteiger partial charge in [0.1, 0.15) is 5.78 Å². The van der Waals surface area contributed by atoms with Crippen LogP contribution in [0.3, 0.4) is 0 Å². The zero-order valence-electron chi connectivity index (χ0n) is 24.4. The fraction of sp³-hybridized carbons (Fsp3) is 0.344. The summed E-state index contributed by atoms with van der Waals surface area (Å²) in [5, 5.41) is 3.34. The van der Waals surface area contributed by atoms with Crippen molar-refractivity contribution in [2.24, 2.45) is 15.0 Å². The van der Waals surface area contributed by atoms with Crippen LogP contribution in [-0.2, 0) is 4.79 Å². The van der Waals surface area contributed by atoms with Crippen LogP contribution in [0.1, 0.15) is 74.8 Å². The Hall–Kier alpha value is -3.58. The van der Waals surface area contributed by atoms with Crippen molar-refractivity contribution in [1.29, 1.82) is 0 Å². The molecule has 0 bridgehead atoms. The van der Waals surface area contributed by atoms with Crippen LogP contribution in [0.2, 0.25) is 0 Å². The molecule has 0 unspecified atom stereocenters. The second kappa shape index (κ2) is 18.6. The highest BCUT2D eigenvalue weighted by atomic mass is 32.2. The number of nitrogens with zero attached hydrogens (tertiary/aromatic N) is 3. The molecule has 1 N–H and O–H groups in total. The zero-order chi connectivity index (χ0) is 29.2. The molecule has 0 aliphatic heterocycles. The minimum absolute atomic E-state index is 0.136. The summed E-state index contributed by atoms with van der Waals surface area (Å²) >= 11 is 1.28. The average Bonchev–Trinajstić information content (AvgIpc) is 2.91. The van der Waals surface area contributed by atoms with Crippen molar-refractivity contribution in [2.75, 3.05) is 18.1 Å². The van der Waals surface area contributed by atoms with Gasteiger partial charge in [0, 0.05) is 30.9 Å². The van der Waals surface area contributed by atoms with E-state index in [1.165, 1.54) is 28.5 Å². The van der Waals surface area contributed by atoms with E-state index in [1.807, 2.05) is 57.3 Å². The first kappa shape index (κ1) is 33.4. The van der Waals surface area contributed by atoms with E-state index in [0.29, 0.717) is 28.7 Å². The van der Waals surface area contributed by atoms with Crippen LogP contribution in [0.5, 0.6) is 0 Å². The Morgan fingerprint density at radius 2 is 1.82 bits per heavy atom. The van der Waals surface area contributed by atoms with Crippen LogP contribution in [0.4, 0.5) is 10.5 Å². The van der Waals surface area contributed by atoms with E-state index in [9.17, 15) is 9.59 Å². The van der Waals surface area contributed by atoms with Gasteiger partial charge in [0.2, 0.25) is 0 Å². The maximum atomic E-state index is 12.1. The summed E-state index contributed by atoms with van der Waals surface area (Å²) < 4.78 is 0. The number of amides is 2. The number of aliphatic imine (C=N–C) groups is 3. The number of hydrogen-bond donors (Lipinski definition) is 1. The Morgan fingerprint density at radius 3 is 2.41 bits per heavy atom. The number of allylic oxidation sites excluding steroid dienone is 1. The van der Waals surface area contributed by atoms with E-state index in [2.05, 4.69) is 65.0 Å². The first-order valence-corrected chi connectivity index (χ1v) is 14.1.